The molecule has 4 aromatic rings. The molecule has 0 spiro atoms. The Morgan fingerprint density at radius 2 is 1.51 bits per heavy atom. The molecule has 2 amide bonds. The molecule has 0 radical (unpaired) electrons. The number of nitrogens with zero attached hydrogens (tertiary/aromatic N) is 3. The average molecular weight is 763 g/mol. The van der Waals surface area contributed by atoms with E-state index in [0.717, 1.165) is 20.1 Å². The summed E-state index contributed by atoms with van der Waals surface area (Å²) in [5.74, 6) is -0.223. The molecule has 0 fully saturated rings. The Labute approximate surface area is 240 Å². The van der Waals surface area contributed by atoms with Gasteiger partial charge in [-0.1, -0.05) is 23.9 Å². The molecule has 0 aliphatic carbocycles. The monoisotopic (exact) mass is 759 g/mol. The van der Waals surface area contributed by atoms with Crippen LogP contribution in [0.4, 0.5) is 11.4 Å². The normalized spacial score (nSPS) is 13.1. The van der Waals surface area contributed by atoms with Crippen LogP contribution in [0.1, 0.15) is 26.3 Å². The highest BCUT2D eigenvalue weighted by Crippen LogP contribution is 2.46. The summed E-state index contributed by atoms with van der Waals surface area (Å²) >= 11 is 16.7. The van der Waals surface area contributed by atoms with Crippen molar-refractivity contribution in [1.82, 2.24) is 4.98 Å². The van der Waals surface area contributed by atoms with Gasteiger partial charge in [-0.25, -0.2) is 9.88 Å². The number of amides is 2. The zero-order chi connectivity index (χ0) is 25.0. The number of thiazole rings is 1. The molecule has 0 saturated carbocycles. The van der Waals surface area contributed by atoms with Gasteiger partial charge in [-0.3, -0.25) is 19.7 Å². The van der Waals surface area contributed by atoms with Gasteiger partial charge in [0.05, 0.1) is 32.0 Å². The third kappa shape index (κ3) is 4.40. The van der Waals surface area contributed by atoms with E-state index < -0.39 is 16.7 Å². The molecule has 1 aliphatic rings. The quantitative estimate of drug-likeness (QED) is 0.0507. The molecule has 0 N–H and O–H groups in total. The van der Waals surface area contributed by atoms with Gasteiger partial charge in [0.25, 0.3) is 17.5 Å². The molecule has 176 valence electrons. The fourth-order valence-corrected chi connectivity index (χ4v) is 8.05. The second-order valence-corrected chi connectivity index (χ2v) is 12.7. The summed E-state index contributed by atoms with van der Waals surface area (Å²) in [5, 5.41) is 10.8. The molecular formula is C22H9Br4N3O4S2. The van der Waals surface area contributed by atoms with Gasteiger partial charge < -0.3 is 0 Å². The van der Waals surface area contributed by atoms with Crippen LogP contribution in [0.3, 0.4) is 0 Å². The van der Waals surface area contributed by atoms with Gasteiger partial charge in [0.2, 0.25) is 0 Å². The lowest BCUT2D eigenvalue weighted by molar-refractivity contribution is -0.384. The minimum absolute atomic E-state index is 0.0539. The highest BCUT2D eigenvalue weighted by atomic mass is 79.9. The van der Waals surface area contributed by atoms with Crippen molar-refractivity contribution in [3.8, 4) is 0 Å². The third-order valence-electron chi connectivity index (χ3n) is 5.22. The van der Waals surface area contributed by atoms with Crippen molar-refractivity contribution in [2.45, 2.75) is 10.1 Å². The van der Waals surface area contributed by atoms with Crippen LogP contribution in [0.25, 0.3) is 10.2 Å². The Kier molecular flexibility index (Phi) is 6.92. The van der Waals surface area contributed by atoms with Crippen LogP contribution in [0.15, 0.2) is 64.7 Å². The summed E-state index contributed by atoms with van der Waals surface area (Å²) in [5.41, 5.74) is 2.80. The number of fused-ring (bicyclic) bond motifs is 2. The number of thioether (sulfide) groups is 1. The van der Waals surface area contributed by atoms with Crippen LogP contribution in [0.2, 0.25) is 0 Å². The standard InChI is InChI=1S/C22H9Br4N3O4S2/c23-16-14-15(17(24)19(26)18(16)25)21(31)28(20(14)30)11-5-6-12-13(7-11)35-22(27-12)34-8-9-1-3-10(4-2-9)29(32)33/h1-7H,8H2. The molecule has 5 rings (SSSR count). The number of carbonyl (C=O) groups is 2. The maximum absolute atomic E-state index is 13.3. The predicted octanol–water partition coefficient (Wildman–Crippen LogP) is 8.35. The summed E-state index contributed by atoms with van der Waals surface area (Å²) in [6, 6.07) is 11.7. The number of imide groups is 1. The van der Waals surface area contributed by atoms with E-state index in [4.69, 9.17) is 0 Å². The highest BCUT2D eigenvalue weighted by molar-refractivity contribution is 9.15. The van der Waals surface area contributed by atoms with Gasteiger partial charge in [0.15, 0.2) is 4.34 Å². The van der Waals surface area contributed by atoms with E-state index in [1.807, 2.05) is 0 Å². The molecule has 1 aliphatic heterocycles. The molecule has 2 heterocycles. The zero-order valence-corrected chi connectivity index (χ0v) is 25.0. The van der Waals surface area contributed by atoms with Crippen molar-refractivity contribution >= 4 is 120 Å². The molecule has 0 saturated heterocycles. The Hall–Kier alpha value is -1.64. The Morgan fingerprint density at radius 1 is 0.914 bits per heavy atom. The van der Waals surface area contributed by atoms with Crippen LogP contribution in [0.5, 0.6) is 0 Å². The summed E-state index contributed by atoms with van der Waals surface area (Å²) in [7, 11) is 0. The number of hydrogen-bond acceptors (Lipinski definition) is 7. The van der Waals surface area contributed by atoms with E-state index in [1.165, 1.54) is 40.1 Å². The van der Waals surface area contributed by atoms with Gasteiger partial charge in [-0.15, -0.1) is 11.3 Å². The molecule has 13 heteroatoms. The van der Waals surface area contributed by atoms with Gasteiger partial charge in [0.1, 0.15) is 0 Å². The first-order chi connectivity index (χ1) is 16.7. The second kappa shape index (κ2) is 9.67. The zero-order valence-electron chi connectivity index (χ0n) is 17.1. The number of carbonyl (C=O) groups excluding carboxylic acids is 2. The molecule has 35 heavy (non-hydrogen) atoms. The second-order valence-electron chi connectivity index (χ2n) is 7.30. The van der Waals surface area contributed by atoms with E-state index in [0.29, 0.717) is 40.5 Å². The van der Waals surface area contributed by atoms with Crippen molar-refractivity contribution in [3.05, 3.63) is 87.2 Å². The number of rotatable bonds is 5. The van der Waals surface area contributed by atoms with E-state index in [2.05, 4.69) is 68.7 Å². The lowest BCUT2D eigenvalue weighted by Crippen LogP contribution is -2.29. The minimum atomic E-state index is -0.425. The highest BCUT2D eigenvalue weighted by Gasteiger charge is 2.42. The van der Waals surface area contributed by atoms with Crippen LogP contribution < -0.4 is 4.90 Å². The minimum Gasteiger partial charge on any atom is -0.268 e. The number of non-ortho nitro benzene ring substituents is 1. The number of benzene rings is 3. The van der Waals surface area contributed by atoms with Gasteiger partial charge >= 0.3 is 0 Å². The smallest absolute Gasteiger partial charge is 0.268 e. The number of anilines is 1. The largest absolute Gasteiger partial charge is 0.269 e. The first kappa shape index (κ1) is 25.0. The van der Waals surface area contributed by atoms with Gasteiger partial charge in [-0.2, -0.15) is 0 Å². The Bertz CT molecular complexity index is 1530. The Morgan fingerprint density at radius 3 is 2.09 bits per heavy atom. The van der Waals surface area contributed by atoms with Crippen molar-refractivity contribution < 1.29 is 14.5 Å². The molecule has 0 atom stereocenters. The van der Waals surface area contributed by atoms with Gasteiger partial charge in [-0.05, 0) is 87.5 Å². The summed E-state index contributed by atoms with van der Waals surface area (Å²) in [4.78, 5) is 42.7. The predicted molar refractivity (Wildman–Crippen MR) is 151 cm³/mol. The molecule has 0 unspecified atom stereocenters. The van der Waals surface area contributed by atoms with Gasteiger partial charge in [0, 0.05) is 35.8 Å². The van der Waals surface area contributed by atoms with Crippen LogP contribution in [-0.2, 0) is 5.75 Å². The fourth-order valence-electron chi connectivity index (χ4n) is 3.54. The topological polar surface area (TPSA) is 93.4 Å². The lowest BCUT2D eigenvalue weighted by atomic mass is 10.1. The van der Waals surface area contributed by atoms with Crippen LogP contribution >= 0.6 is 86.8 Å². The van der Waals surface area contributed by atoms with E-state index in [9.17, 15) is 19.7 Å². The molecule has 1 aromatic heterocycles. The number of nitro groups is 1. The van der Waals surface area contributed by atoms with E-state index in [1.54, 1.807) is 30.3 Å². The first-order valence-corrected chi connectivity index (χ1v) is 14.7. The van der Waals surface area contributed by atoms with E-state index >= 15 is 0 Å². The number of hydrogen-bond donors (Lipinski definition) is 0. The SMILES string of the molecule is O=C1c2c(Br)c(Br)c(Br)c(Br)c2C(=O)N1c1ccc2nc(SCc3ccc([N+](=O)[O-])cc3)sc2c1. The summed E-state index contributed by atoms with van der Waals surface area (Å²) in [6.07, 6.45) is 0. The maximum Gasteiger partial charge on any atom is 0.269 e. The summed E-state index contributed by atoms with van der Waals surface area (Å²) in [6.45, 7) is 0. The molecular weight excluding hydrogens is 754 g/mol. The van der Waals surface area contributed by atoms with Crippen molar-refractivity contribution in [1.29, 1.82) is 0 Å². The number of halogens is 4. The number of aromatic nitrogens is 1. The van der Waals surface area contributed by atoms with E-state index in [-0.39, 0.29) is 5.69 Å². The van der Waals surface area contributed by atoms with Crippen molar-refractivity contribution in [3.63, 3.8) is 0 Å². The first-order valence-electron chi connectivity index (χ1n) is 9.68. The molecule has 7 nitrogen and oxygen atoms in total. The Balaban J connectivity index is 1.42. The average Bonchev–Trinajstić information content (AvgIpc) is 3.37. The summed E-state index contributed by atoms with van der Waals surface area (Å²) < 4.78 is 3.94. The van der Waals surface area contributed by atoms with Crippen molar-refractivity contribution in [2.75, 3.05) is 4.90 Å². The third-order valence-corrected chi connectivity index (χ3v) is 12.2. The maximum atomic E-state index is 13.3. The molecule has 0 bridgehead atoms. The number of nitro benzene ring substituents is 1. The molecule has 3 aromatic carbocycles. The van der Waals surface area contributed by atoms with Crippen LogP contribution in [0, 0.1) is 10.1 Å². The van der Waals surface area contributed by atoms with Crippen molar-refractivity contribution in [2.24, 2.45) is 0 Å². The van der Waals surface area contributed by atoms with Crippen LogP contribution in [-0.4, -0.2) is 21.7 Å². The lowest BCUT2D eigenvalue weighted by Gasteiger charge is -2.13. The fraction of sp³-hybridized carbons (Fsp3) is 0.0455.